The van der Waals surface area contributed by atoms with E-state index >= 15 is 0 Å². The number of nitrogens with zero attached hydrogens (tertiary/aromatic N) is 1. The summed E-state index contributed by atoms with van der Waals surface area (Å²) in [6.07, 6.45) is 1.32. The summed E-state index contributed by atoms with van der Waals surface area (Å²) in [5, 5.41) is -0.201. The highest BCUT2D eigenvalue weighted by atomic mass is 79.9. The monoisotopic (exact) mass is 425 g/mol. The Kier molecular flexibility index (Phi) is 5.08. The summed E-state index contributed by atoms with van der Waals surface area (Å²) in [4.78, 5) is 25.9. The van der Waals surface area contributed by atoms with Crippen molar-refractivity contribution < 1.29 is 14.0 Å². The first kappa shape index (κ1) is 17.2. The minimum atomic E-state index is -0.540. The molecule has 1 saturated heterocycles. The van der Waals surface area contributed by atoms with Gasteiger partial charge < -0.3 is 0 Å². The number of rotatable bonds is 3. The lowest BCUT2D eigenvalue weighted by Gasteiger charge is -2.12. The second-order valence-corrected chi connectivity index (χ2v) is 7.35. The van der Waals surface area contributed by atoms with Gasteiger partial charge in [0.25, 0.3) is 11.1 Å². The first-order chi connectivity index (χ1) is 11.5. The van der Waals surface area contributed by atoms with Gasteiger partial charge in [-0.25, -0.2) is 4.39 Å². The molecule has 3 rings (SSSR count). The normalized spacial score (nSPS) is 16.3. The first-order valence-electron chi connectivity index (χ1n) is 6.89. The van der Waals surface area contributed by atoms with E-state index in [1.807, 2.05) is 24.3 Å². The lowest BCUT2D eigenvalue weighted by molar-refractivity contribution is -0.123. The average Bonchev–Trinajstić information content (AvgIpc) is 2.79. The Morgan fingerprint density at radius 1 is 1.21 bits per heavy atom. The van der Waals surface area contributed by atoms with Gasteiger partial charge in [0.05, 0.1) is 16.5 Å². The maximum atomic E-state index is 13.9. The van der Waals surface area contributed by atoms with E-state index in [1.54, 1.807) is 0 Å². The zero-order valence-corrected chi connectivity index (χ0v) is 15.3. The molecule has 1 aliphatic rings. The lowest BCUT2D eigenvalue weighted by Crippen LogP contribution is -2.27. The quantitative estimate of drug-likeness (QED) is 0.610. The molecule has 24 heavy (non-hydrogen) atoms. The van der Waals surface area contributed by atoms with Crippen LogP contribution in [-0.2, 0) is 11.3 Å². The van der Waals surface area contributed by atoms with E-state index in [9.17, 15) is 14.0 Å². The number of carbonyl (C=O) groups excluding carboxylic acids is 2. The SMILES string of the molecule is O=C1S/C(=C\c2c(F)cccc2Cl)C(=O)N1Cc1cccc(Br)c1. The Labute approximate surface area is 155 Å². The molecule has 0 aromatic heterocycles. The minimum Gasteiger partial charge on any atom is -0.268 e. The summed E-state index contributed by atoms with van der Waals surface area (Å²) in [7, 11) is 0. The standard InChI is InChI=1S/C17H10BrClFNO2S/c18-11-4-1-3-10(7-11)9-21-16(22)15(24-17(21)23)8-12-13(19)5-2-6-14(12)20/h1-8H,9H2/b15-8-. The summed E-state index contributed by atoms with van der Waals surface area (Å²) in [5.41, 5.74) is 0.920. The number of thioether (sulfide) groups is 1. The van der Waals surface area contributed by atoms with Crippen molar-refractivity contribution in [2.75, 3.05) is 0 Å². The predicted molar refractivity (Wildman–Crippen MR) is 97.1 cm³/mol. The Hall–Kier alpha value is -1.63. The maximum Gasteiger partial charge on any atom is 0.293 e. The summed E-state index contributed by atoms with van der Waals surface area (Å²) >= 11 is 10.1. The Balaban J connectivity index is 1.88. The van der Waals surface area contributed by atoms with Crippen LogP contribution >= 0.6 is 39.3 Å². The van der Waals surface area contributed by atoms with Gasteiger partial charge in [-0.05, 0) is 47.7 Å². The van der Waals surface area contributed by atoms with E-state index in [1.165, 1.54) is 24.3 Å². The average molecular weight is 427 g/mol. The number of hydrogen-bond acceptors (Lipinski definition) is 3. The Morgan fingerprint density at radius 2 is 1.96 bits per heavy atom. The summed E-state index contributed by atoms with van der Waals surface area (Å²) < 4.78 is 14.7. The van der Waals surface area contributed by atoms with Gasteiger partial charge in [-0.1, -0.05) is 45.7 Å². The van der Waals surface area contributed by atoms with Crippen LogP contribution in [-0.4, -0.2) is 16.0 Å². The van der Waals surface area contributed by atoms with Crippen LogP contribution in [0.15, 0.2) is 51.8 Å². The second-order valence-electron chi connectivity index (χ2n) is 5.03. The fourth-order valence-corrected chi connectivity index (χ4v) is 3.72. The number of imide groups is 1. The molecule has 0 unspecified atom stereocenters. The van der Waals surface area contributed by atoms with Gasteiger partial charge in [0.15, 0.2) is 0 Å². The molecule has 0 N–H and O–H groups in total. The molecule has 0 bridgehead atoms. The molecule has 0 aliphatic carbocycles. The molecular weight excluding hydrogens is 417 g/mol. The Bertz CT molecular complexity index is 851. The molecule has 0 spiro atoms. The molecule has 0 atom stereocenters. The van der Waals surface area contributed by atoms with E-state index in [2.05, 4.69) is 15.9 Å². The van der Waals surface area contributed by atoms with Gasteiger partial charge in [0.2, 0.25) is 0 Å². The van der Waals surface area contributed by atoms with Crippen LogP contribution in [0.3, 0.4) is 0 Å². The molecular formula is C17H10BrClFNO2S. The van der Waals surface area contributed by atoms with Crippen molar-refractivity contribution in [3.05, 3.63) is 73.8 Å². The van der Waals surface area contributed by atoms with Crippen molar-refractivity contribution >= 4 is 56.5 Å². The lowest BCUT2D eigenvalue weighted by atomic mass is 10.2. The second kappa shape index (κ2) is 7.09. The smallest absolute Gasteiger partial charge is 0.268 e. The number of benzene rings is 2. The van der Waals surface area contributed by atoms with Crippen molar-refractivity contribution in [3.63, 3.8) is 0 Å². The van der Waals surface area contributed by atoms with Crippen molar-refractivity contribution in [3.8, 4) is 0 Å². The van der Waals surface area contributed by atoms with Crippen molar-refractivity contribution in [2.45, 2.75) is 6.54 Å². The molecule has 3 nitrogen and oxygen atoms in total. The third kappa shape index (κ3) is 3.55. The molecule has 2 aromatic rings. The van der Waals surface area contributed by atoms with Crippen LogP contribution in [0.25, 0.3) is 6.08 Å². The molecule has 1 aliphatic heterocycles. The van der Waals surface area contributed by atoms with E-state index in [0.29, 0.717) is 0 Å². The molecule has 122 valence electrons. The van der Waals surface area contributed by atoms with Crippen molar-refractivity contribution in [2.24, 2.45) is 0 Å². The number of hydrogen-bond donors (Lipinski definition) is 0. The van der Waals surface area contributed by atoms with Crippen molar-refractivity contribution in [1.29, 1.82) is 0 Å². The van der Waals surface area contributed by atoms with Crippen LogP contribution in [0.2, 0.25) is 5.02 Å². The molecule has 2 amide bonds. The largest absolute Gasteiger partial charge is 0.293 e. The van der Waals surface area contributed by atoms with E-state index in [4.69, 9.17) is 11.6 Å². The van der Waals surface area contributed by atoms with Crippen LogP contribution in [0.1, 0.15) is 11.1 Å². The molecule has 1 heterocycles. The van der Waals surface area contributed by atoms with Crippen LogP contribution < -0.4 is 0 Å². The predicted octanol–water partition coefficient (Wildman–Crippen LogP) is 5.48. The first-order valence-corrected chi connectivity index (χ1v) is 8.88. The van der Waals surface area contributed by atoms with E-state index < -0.39 is 17.0 Å². The summed E-state index contributed by atoms with van der Waals surface area (Å²) in [6, 6.07) is 11.6. The van der Waals surface area contributed by atoms with Gasteiger partial charge in [-0.2, -0.15) is 0 Å². The molecule has 0 radical (unpaired) electrons. The zero-order chi connectivity index (χ0) is 17.3. The van der Waals surface area contributed by atoms with Gasteiger partial charge in [-0.3, -0.25) is 14.5 Å². The maximum absolute atomic E-state index is 13.9. The minimum absolute atomic E-state index is 0.104. The topological polar surface area (TPSA) is 37.4 Å². The number of halogens is 3. The highest BCUT2D eigenvalue weighted by Gasteiger charge is 2.35. The van der Waals surface area contributed by atoms with Crippen LogP contribution in [0.5, 0.6) is 0 Å². The fourth-order valence-electron chi connectivity index (χ4n) is 2.23. The molecule has 0 saturated carbocycles. The van der Waals surface area contributed by atoms with Gasteiger partial charge in [-0.15, -0.1) is 0 Å². The summed E-state index contributed by atoms with van der Waals surface area (Å²) in [6.45, 7) is 0.159. The third-order valence-electron chi connectivity index (χ3n) is 3.38. The molecule has 1 fully saturated rings. The third-order valence-corrected chi connectivity index (χ3v) is 5.11. The highest BCUT2D eigenvalue weighted by Crippen LogP contribution is 2.35. The van der Waals surface area contributed by atoms with Gasteiger partial charge in [0, 0.05) is 10.0 Å². The molecule has 7 heteroatoms. The van der Waals surface area contributed by atoms with Crippen molar-refractivity contribution in [1.82, 2.24) is 4.90 Å². The van der Waals surface area contributed by atoms with Gasteiger partial charge in [0.1, 0.15) is 5.82 Å². The number of carbonyl (C=O) groups is 2. The molecule has 2 aromatic carbocycles. The van der Waals surface area contributed by atoms with E-state index in [-0.39, 0.29) is 22.0 Å². The Morgan fingerprint density at radius 3 is 2.67 bits per heavy atom. The summed E-state index contributed by atoms with van der Waals surface area (Å²) in [5.74, 6) is -0.995. The number of amides is 2. The van der Waals surface area contributed by atoms with Crippen LogP contribution in [0.4, 0.5) is 9.18 Å². The zero-order valence-electron chi connectivity index (χ0n) is 12.1. The van der Waals surface area contributed by atoms with Crippen LogP contribution in [0, 0.1) is 5.82 Å². The highest BCUT2D eigenvalue weighted by molar-refractivity contribution is 9.10. The fraction of sp³-hybridized carbons (Fsp3) is 0.0588. The van der Waals surface area contributed by atoms with Gasteiger partial charge >= 0.3 is 0 Å². The van der Waals surface area contributed by atoms with E-state index in [0.717, 1.165) is 26.7 Å².